The van der Waals surface area contributed by atoms with Gasteiger partial charge in [0, 0.05) is 18.6 Å². The van der Waals surface area contributed by atoms with Crippen LogP contribution in [0.2, 0.25) is 0 Å². The highest BCUT2D eigenvalue weighted by molar-refractivity contribution is 4.93. The van der Waals surface area contributed by atoms with Gasteiger partial charge >= 0.3 is 0 Å². The highest BCUT2D eigenvalue weighted by atomic mass is 16.3. The van der Waals surface area contributed by atoms with Crippen LogP contribution >= 0.6 is 0 Å². The highest BCUT2D eigenvalue weighted by Crippen LogP contribution is 2.43. The van der Waals surface area contributed by atoms with Crippen LogP contribution in [0.3, 0.4) is 0 Å². The first-order chi connectivity index (χ1) is 3.83. The number of nitrogens with two attached hydrogens (primary N) is 1. The van der Waals surface area contributed by atoms with Crippen molar-refractivity contribution in [1.29, 1.82) is 0 Å². The fourth-order valence-electron chi connectivity index (χ4n) is 0.784. The Bertz CT molecular complexity index is 80.5. The number of rotatable bonds is 3. The van der Waals surface area contributed by atoms with Gasteiger partial charge in [0.15, 0.2) is 0 Å². The van der Waals surface area contributed by atoms with E-state index >= 15 is 0 Å². The Morgan fingerprint density at radius 3 is 2.38 bits per heavy atom. The molecule has 48 valence electrons. The molecule has 3 nitrogen and oxygen atoms in total. The number of aliphatic hydroxyl groups excluding tert-OH is 1. The molecule has 0 radical (unpaired) electrons. The predicted molar refractivity (Wildman–Crippen MR) is 30.9 cm³/mol. The van der Waals surface area contributed by atoms with Gasteiger partial charge < -0.3 is 5.11 Å². The van der Waals surface area contributed by atoms with E-state index in [1.165, 1.54) is 0 Å². The van der Waals surface area contributed by atoms with Crippen LogP contribution in [0.1, 0.15) is 12.8 Å². The van der Waals surface area contributed by atoms with Gasteiger partial charge in [-0.1, -0.05) is 0 Å². The van der Waals surface area contributed by atoms with Gasteiger partial charge in [0.2, 0.25) is 0 Å². The lowest BCUT2D eigenvalue weighted by atomic mass is 10.1. The van der Waals surface area contributed by atoms with E-state index in [1.807, 2.05) is 0 Å². The van der Waals surface area contributed by atoms with Crippen molar-refractivity contribution in [2.24, 2.45) is 11.3 Å². The molecule has 4 N–H and O–H groups in total. The molecule has 1 saturated carbocycles. The highest BCUT2D eigenvalue weighted by Gasteiger charge is 2.41. The molecule has 1 fully saturated rings. The number of hydrogen-bond donors (Lipinski definition) is 3. The van der Waals surface area contributed by atoms with Gasteiger partial charge in [-0.05, 0) is 12.8 Å². The van der Waals surface area contributed by atoms with Gasteiger partial charge in [-0.2, -0.15) is 0 Å². The summed E-state index contributed by atoms with van der Waals surface area (Å²) in [4.78, 5) is 0. The number of nitrogens with one attached hydrogen (secondary N) is 1. The molecule has 0 spiro atoms. The summed E-state index contributed by atoms with van der Waals surface area (Å²) in [6, 6.07) is 0. The Kier molecular flexibility index (Phi) is 1.51. The zero-order valence-corrected chi connectivity index (χ0v) is 4.85. The summed E-state index contributed by atoms with van der Waals surface area (Å²) in [5.74, 6) is 5.07. The first-order valence-corrected chi connectivity index (χ1v) is 2.87. The largest absolute Gasteiger partial charge is 0.396 e. The molecule has 0 amide bonds. The molecule has 0 atom stereocenters. The summed E-state index contributed by atoms with van der Waals surface area (Å²) < 4.78 is 0. The van der Waals surface area contributed by atoms with E-state index in [1.54, 1.807) is 0 Å². The van der Waals surface area contributed by atoms with Gasteiger partial charge in [-0.15, -0.1) is 0 Å². The molecule has 3 heteroatoms. The third kappa shape index (κ3) is 0.992. The third-order valence-corrected chi connectivity index (χ3v) is 1.77. The second-order valence-corrected chi connectivity index (χ2v) is 2.54. The number of aliphatic hydroxyl groups is 1. The summed E-state index contributed by atoms with van der Waals surface area (Å²) in [6.45, 7) is 1.03. The lowest BCUT2D eigenvalue weighted by Crippen LogP contribution is -2.31. The molecule has 1 aliphatic carbocycles. The molecule has 1 rings (SSSR count). The second kappa shape index (κ2) is 2.01. The second-order valence-electron chi connectivity index (χ2n) is 2.54. The molecule has 1 aliphatic rings. The molecule has 0 heterocycles. The van der Waals surface area contributed by atoms with Crippen molar-refractivity contribution in [2.45, 2.75) is 12.8 Å². The maximum absolute atomic E-state index is 8.69. The van der Waals surface area contributed by atoms with E-state index in [0.29, 0.717) is 0 Å². The van der Waals surface area contributed by atoms with Gasteiger partial charge in [-0.3, -0.25) is 11.3 Å². The molecule has 0 saturated heterocycles. The van der Waals surface area contributed by atoms with Crippen LogP contribution in [0.4, 0.5) is 0 Å². The van der Waals surface area contributed by atoms with Gasteiger partial charge in [0.1, 0.15) is 0 Å². The molecule has 8 heavy (non-hydrogen) atoms. The van der Waals surface area contributed by atoms with Crippen molar-refractivity contribution < 1.29 is 5.11 Å². The van der Waals surface area contributed by atoms with Crippen LogP contribution in [0.5, 0.6) is 0 Å². The SMILES string of the molecule is NNCC1(CO)CC1. The minimum Gasteiger partial charge on any atom is -0.396 e. The molecule has 0 aromatic heterocycles. The molecule has 0 aromatic carbocycles. The van der Waals surface area contributed by atoms with E-state index in [2.05, 4.69) is 5.43 Å². The smallest absolute Gasteiger partial charge is 0.0500 e. The van der Waals surface area contributed by atoms with Crippen LogP contribution in [0, 0.1) is 5.41 Å². The van der Waals surface area contributed by atoms with Gasteiger partial charge in [-0.25, -0.2) is 0 Å². The predicted octanol–water partition coefficient (Wildman–Crippen LogP) is -0.778. The molecule has 0 aliphatic heterocycles. The van der Waals surface area contributed by atoms with E-state index in [9.17, 15) is 0 Å². The molecule has 0 unspecified atom stereocenters. The first-order valence-electron chi connectivity index (χ1n) is 2.87. The number of hydrogen-bond acceptors (Lipinski definition) is 3. The Hall–Kier alpha value is -0.120. The van der Waals surface area contributed by atoms with Crippen molar-refractivity contribution in [2.75, 3.05) is 13.2 Å². The minimum absolute atomic E-state index is 0.161. The summed E-state index contributed by atoms with van der Waals surface area (Å²) in [5.41, 5.74) is 2.72. The maximum atomic E-state index is 8.69. The molecular formula is C5H12N2O. The zero-order valence-electron chi connectivity index (χ0n) is 4.85. The van der Waals surface area contributed by atoms with E-state index in [0.717, 1.165) is 19.4 Å². The van der Waals surface area contributed by atoms with Crippen molar-refractivity contribution in [1.82, 2.24) is 5.43 Å². The topological polar surface area (TPSA) is 58.3 Å². The first kappa shape index (κ1) is 6.01. The normalized spacial score (nSPS) is 23.2. The van der Waals surface area contributed by atoms with Crippen molar-refractivity contribution >= 4 is 0 Å². The third-order valence-electron chi connectivity index (χ3n) is 1.77. The molecule has 0 aromatic rings. The van der Waals surface area contributed by atoms with Gasteiger partial charge in [0.05, 0.1) is 0 Å². The van der Waals surface area contributed by atoms with Crippen LogP contribution in [-0.4, -0.2) is 18.3 Å². The van der Waals surface area contributed by atoms with E-state index in [4.69, 9.17) is 10.9 Å². The van der Waals surface area contributed by atoms with Crippen molar-refractivity contribution in [3.05, 3.63) is 0 Å². The quantitative estimate of drug-likeness (QED) is 0.335. The average molecular weight is 116 g/mol. The van der Waals surface area contributed by atoms with Crippen LogP contribution in [0.15, 0.2) is 0 Å². The minimum atomic E-state index is 0.161. The zero-order chi connectivity index (χ0) is 6.04. The summed E-state index contributed by atoms with van der Waals surface area (Å²) >= 11 is 0. The summed E-state index contributed by atoms with van der Waals surface area (Å²) in [7, 11) is 0. The lowest BCUT2D eigenvalue weighted by molar-refractivity contribution is 0.208. The summed E-state index contributed by atoms with van der Waals surface area (Å²) in [6.07, 6.45) is 2.24. The maximum Gasteiger partial charge on any atom is 0.0500 e. The molecular weight excluding hydrogens is 104 g/mol. The van der Waals surface area contributed by atoms with E-state index < -0.39 is 0 Å². The lowest BCUT2D eigenvalue weighted by Gasteiger charge is -2.07. The van der Waals surface area contributed by atoms with E-state index in [-0.39, 0.29) is 12.0 Å². The molecule has 0 bridgehead atoms. The monoisotopic (exact) mass is 116 g/mol. The van der Waals surface area contributed by atoms with Crippen molar-refractivity contribution in [3.63, 3.8) is 0 Å². The Morgan fingerprint density at radius 1 is 1.62 bits per heavy atom. The fraction of sp³-hybridized carbons (Fsp3) is 1.00. The van der Waals surface area contributed by atoms with Crippen LogP contribution in [-0.2, 0) is 0 Å². The average Bonchev–Trinajstić information content (AvgIpc) is 2.50. The fourth-order valence-corrected chi connectivity index (χ4v) is 0.784. The Balaban J connectivity index is 2.20. The van der Waals surface area contributed by atoms with Crippen LogP contribution < -0.4 is 11.3 Å². The van der Waals surface area contributed by atoms with Crippen molar-refractivity contribution in [3.8, 4) is 0 Å². The number of hydrazine groups is 1. The van der Waals surface area contributed by atoms with Crippen LogP contribution in [0.25, 0.3) is 0 Å². The van der Waals surface area contributed by atoms with Gasteiger partial charge in [0.25, 0.3) is 0 Å². The Morgan fingerprint density at radius 2 is 2.25 bits per heavy atom. The summed E-state index contributed by atoms with van der Waals surface area (Å²) in [5, 5.41) is 8.69. The standard InChI is InChI=1S/C5H12N2O/c6-7-3-5(4-8)1-2-5/h7-8H,1-4,6H2. The Labute approximate surface area is 48.8 Å².